The molecule has 0 aliphatic carbocycles. The van der Waals surface area contributed by atoms with Gasteiger partial charge in [0, 0.05) is 6.04 Å². The lowest BCUT2D eigenvalue weighted by Gasteiger charge is -2.16. The van der Waals surface area contributed by atoms with E-state index in [4.69, 9.17) is 15.2 Å². The number of methoxy groups -OCH3 is 2. The van der Waals surface area contributed by atoms with Gasteiger partial charge in [0.25, 0.3) is 5.69 Å². The maximum Gasteiger partial charge on any atom is 0.278 e. The molecule has 0 radical (unpaired) electrons. The standard InChI is InChI=1S/C14H22N2O4/c1-9(2)5-6-11(15)10-7-13(19-3)14(20-4)8-12(10)16(17)18/h7-9,11H,5-6,15H2,1-4H3/t11-/m1/s1. The monoisotopic (exact) mass is 282 g/mol. The minimum Gasteiger partial charge on any atom is -0.493 e. The van der Waals surface area contributed by atoms with Crippen LogP contribution in [0.25, 0.3) is 0 Å². The van der Waals surface area contributed by atoms with Crippen molar-refractivity contribution in [3.63, 3.8) is 0 Å². The highest BCUT2D eigenvalue weighted by Crippen LogP contribution is 2.37. The fourth-order valence-corrected chi connectivity index (χ4v) is 2.01. The van der Waals surface area contributed by atoms with Gasteiger partial charge in [-0.25, -0.2) is 0 Å². The van der Waals surface area contributed by atoms with Gasteiger partial charge in [-0.15, -0.1) is 0 Å². The van der Waals surface area contributed by atoms with Gasteiger partial charge in [-0.05, 0) is 24.8 Å². The zero-order chi connectivity index (χ0) is 15.3. The number of benzene rings is 1. The van der Waals surface area contributed by atoms with E-state index in [-0.39, 0.29) is 5.69 Å². The number of nitrogens with two attached hydrogens (primary N) is 1. The highest BCUT2D eigenvalue weighted by Gasteiger charge is 2.23. The van der Waals surface area contributed by atoms with Crippen molar-refractivity contribution in [1.82, 2.24) is 0 Å². The topological polar surface area (TPSA) is 87.6 Å². The molecule has 0 spiro atoms. The summed E-state index contributed by atoms with van der Waals surface area (Å²) in [6, 6.07) is 2.57. The molecule has 20 heavy (non-hydrogen) atoms. The van der Waals surface area contributed by atoms with Crippen LogP contribution in [0.4, 0.5) is 5.69 Å². The van der Waals surface area contributed by atoms with E-state index >= 15 is 0 Å². The molecule has 0 saturated carbocycles. The van der Waals surface area contributed by atoms with Crippen LogP contribution >= 0.6 is 0 Å². The third-order valence-electron chi connectivity index (χ3n) is 3.18. The summed E-state index contributed by atoms with van der Waals surface area (Å²) in [6.45, 7) is 4.19. The van der Waals surface area contributed by atoms with Gasteiger partial charge in [-0.1, -0.05) is 13.8 Å². The Morgan fingerprint density at radius 2 is 1.75 bits per heavy atom. The average molecular weight is 282 g/mol. The van der Waals surface area contributed by atoms with E-state index < -0.39 is 11.0 Å². The van der Waals surface area contributed by atoms with E-state index in [1.165, 1.54) is 20.3 Å². The lowest BCUT2D eigenvalue weighted by atomic mass is 9.96. The number of rotatable bonds is 7. The molecule has 0 aliphatic rings. The zero-order valence-electron chi connectivity index (χ0n) is 12.4. The molecule has 0 bridgehead atoms. The smallest absolute Gasteiger partial charge is 0.278 e. The fourth-order valence-electron chi connectivity index (χ4n) is 2.01. The Bertz CT molecular complexity index is 474. The lowest BCUT2D eigenvalue weighted by Crippen LogP contribution is -2.13. The number of hydrogen-bond donors (Lipinski definition) is 1. The summed E-state index contributed by atoms with van der Waals surface area (Å²) in [7, 11) is 2.94. The molecule has 2 N–H and O–H groups in total. The maximum atomic E-state index is 11.2. The average Bonchev–Trinajstić information content (AvgIpc) is 2.42. The Hall–Kier alpha value is -1.82. The molecule has 1 aromatic carbocycles. The van der Waals surface area contributed by atoms with Crippen LogP contribution in [0.1, 0.15) is 38.3 Å². The molecule has 0 fully saturated rings. The fraction of sp³-hybridized carbons (Fsp3) is 0.571. The lowest BCUT2D eigenvalue weighted by molar-refractivity contribution is -0.385. The minimum absolute atomic E-state index is 0.0288. The van der Waals surface area contributed by atoms with Gasteiger partial charge in [-0.3, -0.25) is 10.1 Å². The van der Waals surface area contributed by atoms with Gasteiger partial charge < -0.3 is 15.2 Å². The number of nitro groups is 1. The minimum atomic E-state index is -0.438. The molecule has 0 aromatic heterocycles. The van der Waals surface area contributed by atoms with Crippen molar-refractivity contribution in [3.8, 4) is 11.5 Å². The Balaban J connectivity index is 3.18. The summed E-state index contributed by atoms with van der Waals surface area (Å²) in [5.41, 5.74) is 6.55. The molecule has 1 aromatic rings. The first kappa shape index (κ1) is 16.2. The summed E-state index contributed by atoms with van der Waals surface area (Å²) in [5, 5.41) is 11.2. The summed E-state index contributed by atoms with van der Waals surface area (Å²) in [6.07, 6.45) is 1.60. The predicted molar refractivity (Wildman–Crippen MR) is 77.2 cm³/mol. The predicted octanol–water partition coefficient (Wildman–Crippen LogP) is 3.05. The second-order valence-corrected chi connectivity index (χ2v) is 5.10. The van der Waals surface area contributed by atoms with E-state index in [1.54, 1.807) is 6.07 Å². The van der Waals surface area contributed by atoms with Gasteiger partial charge in [0.1, 0.15) is 0 Å². The quantitative estimate of drug-likeness (QED) is 0.613. The SMILES string of the molecule is COc1cc([C@H](N)CCC(C)C)c([N+](=O)[O-])cc1OC. The molecule has 0 saturated heterocycles. The van der Waals surface area contributed by atoms with Crippen molar-refractivity contribution < 1.29 is 14.4 Å². The van der Waals surface area contributed by atoms with Gasteiger partial charge in [0.15, 0.2) is 11.5 Å². The van der Waals surface area contributed by atoms with Gasteiger partial charge in [0.05, 0.1) is 30.8 Å². The van der Waals surface area contributed by atoms with Crippen molar-refractivity contribution >= 4 is 5.69 Å². The Morgan fingerprint density at radius 1 is 1.20 bits per heavy atom. The molecule has 6 nitrogen and oxygen atoms in total. The first-order valence-electron chi connectivity index (χ1n) is 6.56. The number of nitro benzene ring substituents is 1. The van der Waals surface area contributed by atoms with Crippen molar-refractivity contribution in [3.05, 3.63) is 27.8 Å². The van der Waals surface area contributed by atoms with Gasteiger partial charge >= 0.3 is 0 Å². The van der Waals surface area contributed by atoms with Crippen LogP contribution in [-0.2, 0) is 0 Å². The second-order valence-electron chi connectivity index (χ2n) is 5.10. The van der Waals surface area contributed by atoms with Crippen molar-refractivity contribution in [2.75, 3.05) is 14.2 Å². The van der Waals surface area contributed by atoms with Crippen LogP contribution in [0.2, 0.25) is 0 Å². The first-order chi connectivity index (χ1) is 9.40. The normalized spacial score (nSPS) is 12.3. The van der Waals surface area contributed by atoms with Crippen LogP contribution < -0.4 is 15.2 Å². The van der Waals surface area contributed by atoms with E-state index in [2.05, 4.69) is 13.8 Å². The number of ether oxygens (including phenoxy) is 2. The Kier molecular flexibility index (Phi) is 5.76. The largest absolute Gasteiger partial charge is 0.493 e. The van der Waals surface area contributed by atoms with Crippen LogP contribution in [0.3, 0.4) is 0 Å². The van der Waals surface area contributed by atoms with Gasteiger partial charge in [0.2, 0.25) is 0 Å². The molecular formula is C14H22N2O4. The molecule has 0 heterocycles. The molecule has 1 rings (SSSR count). The summed E-state index contributed by atoms with van der Waals surface area (Å²) in [5.74, 6) is 1.28. The highest BCUT2D eigenvalue weighted by atomic mass is 16.6. The molecular weight excluding hydrogens is 260 g/mol. The van der Waals surface area contributed by atoms with Crippen molar-refractivity contribution in [1.29, 1.82) is 0 Å². The van der Waals surface area contributed by atoms with E-state index in [1.807, 2.05) is 0 Å². The Morgan fingerprint density at radius 3 is 2.20 bits per heavy atom. The van der Waals surface area contributed by atoms with Crippen LogP contribution in [0.15, 0.2) is 12.1 Å². The molecule has 6 heteroatoms. The third kappa shape index (κ3) is 3.84. The van der Waals surface area contributed by atoms with Crippen LogP contribution in [0, 0.1) is 16.0 Å². The van der Waals surface area contributed by atoms with E-state index in [9.17, 15) is 10.1 Å². The number of hydrogen-bond acceptors (Lipinski definition) is 5. The van der Waals surface area contributed by atoms with Crippen molar-refractivity contribution in [2.24, 2.45) is 11.7 Å². The summed E-state index contributed by atoms with van der Waals surface area (Å²) < 4.78 is 10.3. The first-order valence-corrected chi connectivity index (χ1v) is 6.56. The highest BCUT2D eigenvalue weighted by molar-refractivity contribution is 5.55. The van der Waals surface area contributed by atoms with Crippen molar-refractivity contribution in [2.45, 2.75) is 32.7 Å². The van der Waals surface area contributed by atoms with Gasteiger partial charge in [-0.2, -0.15) is 0 Å². The molecule has 0 unspecified atom stereocenters. The second kappa shape index (κ2) is 7.09. The van der Waals surface area contributed by atoms with Crippen LogP contribution in [0.5, 0.6) is 11.5 Å². The van der Waals surface area contributed by atoms with Crippen LogP contribution in [-0.4, -0.2) is 19.1 Å². The zero-order valence-corrected chi connectivity index (χ0v) is 12.4. The summed E-state index contributed by atoms with van der Waals surface area (Å²) >= 11 is 0. The molecule has 0 amide bonds. The Labute approximate surface area is 119 Å². The third-order valence-corrected chi connectivity index (χ3v) is 3.18. The molecule has 1 atom stereocenters. The summed E-state index contributed by atoms with van der Waals surface area (Å²) in [4.78, 5) is 10.7. The number of nitrogens with zero attached hydrogens (tertiary/aromatic N) is 1. The van der Waals surface area contributed by atoms with E-state index in [0.717, 1.165) is 6.42 Å². The van der Waals surface area contributed by atoms with E-state index in [0.29, 0.717) is 29.4 Å². The molecule has 112 valence electrons. The maximum absolute atomic E-state index is 11.2. The molecule has 0 aliphatic heterocycles.